The minimum atomic E-state index is -1.08. The van der Waals surface area contributed by atoms with Crippen molar-refractivity contribution in [3.63, 3.8) is 0 Å². The summed E-state index contributed by atoms with van der Waals surface area (Å²) in [6, 6.07) is 9.42. The number of carbonyl (C=O) groups is 1. The number of aliphatic hydroxyl groups excluding tert-OH is 1. The van der Waals surface area contributed by atoms with Crippen molar-refractivity contribution in [2.24, 2.45) is 0 Å². The first-order valence-electron chi connectivity index (χ1n) is 6.98. The van der Waals surface area contributed by atoms with Gasteiger partial charge in [0.15, 0.2) is 0 Å². The Bertz CT molecular complexity index is 635. The monoisotopic (exact) mass is 321 g/mol. The molecule has 2 atom stereocenters. The van der Waals surface area contributed by atoms with Gasteiger partial charge in [-0.2, -0.15) is 0 Å². The van der Waals surface area contributed by atoms with Crippen molar-refractivity contribution in [3.8, 4) is 0 Å². The maximum atomic E-state index is 12.2. The van der Waals surface area contributed by atoms with Crippen LogP contribution < -0.4 is 5.32 Å². The van der Waals surface area contributed by atoms with Crippen LogP contribution in [0.3, 0.4) is 0 Å². The minimum Gasteiger partial charge on any atom is -0.467 e. The number of carbonyl (C=O) groups excluding carboxylic acids is 1. The van der Waals surface area contributed by atoms with E-state index in [-0.39, 0.29) is 17.8 Å². The summed E-state index contributed by atoms with van der Waals surface area (Å²) >= 11 is 0. The van der Waals surface area contributed by atoms with Gasteiger partial charge < -0.3 is 14.8 Å². The molecule has 0 saturated heterocycles. The summed E-state index contributed by atoms with van der Waals surface area (Å²) in [7, 11) is -1.08. The van der Waals surface area contributed by atoms with Crippen molar-refractivity contribution in [2.75, 3.05) is 6.61 Å². The van der Waals surface area contributed by atoms with E-state index in [0.29, 0.717) is 16.2 Å². The molecular weight excluding hydrogens is 302 g/mol. The molecular formula is C16H19NO4S. The van der Waals surface area contributed by atoms with Gasteiger partial charge in [-0.05, 0) is 36.4 Å². The first kappa shape index (κ1) is 16.5. The van der Waals surface area contributed by atoms with E-state index >= 15 is 0 Å². The van der Waals surface area contributed by atoms with E-state index in [1.165, 1.54) is 6.26 Å². The maximum absolute atomic E-state index is 12.2. The van der Waals surface area contributed by atoms with Gasteiger partial charge in [0, 0.05) is 15.7 Å². The van der Waals surface area contributed by atoms with Gasteiger partial charge in [-0.1, -0.05) is 13.8 Å². The number of hydrogen-bond acceptors (Lipinski definition) is 4. The van der Waals surface area contributed by atoms with Crippen molar-refractivity contribution in [2.45, 2.75) is 30.0 Å². The van der Waals surface area contributed by atoms with E-state index in [1.54, 1.807) is 36.4 Å². The fourth-order valence-electron chi connectivity index (χ4n) is 1.95. The molecule has 2 unspecified atom stereocenters. The van der Waals surface area contributed by atoms with E-state index in [2.05, 4.69) is 5.32 Å². The zero-order chi connectivity index (χ0) is 16.1. The molecule has 6 heteroatoms. The molecule has 0 aliphatic carbocycles. The minimum absolute atomic E-state index is 0.0254. The van der Waals surface area contributed by atoms with Crippen LogP contribution in [0.2, 0.25) is 0 Å². The predicted octanol–water partition coefficient (Wildman–Crippen LogP) is 2.26. The highest BCUT2D eigenvalue weighted by atomic mass is 32.2. The molecule has 5 nitrogen and oxygen atoms in total. The third-order valence-corrected chi connectivity index (χ3v) is 4.74. The summed E-state index contributed by atoms with van der Waals surface area (Å²) in [5.74, 6) is 0.172. The van der Waals surface area contributed by atoms with Crippen molar-refractivity contribution < 1.29 is 18.5 Å². The molecule has 118 valence electrons. The Balaban J connectivity index is 2.08. The number of nitrogens with one attached hydrogen (secondary N) is 1. The Morgan fingerprint density at radius 2 is 1.95 bits per heavy atom. The van der Waals surface area contributed by atoms with Crippen LogP contribution in [0.5, 0.6) is 0 Å². The van der Waals surface area contributed by atoms with Crippen molar-refractivity contribution >= 4 is 16.7 Å². The first-order chi connectivity index (χ1) is 10.5. The topological polar surface area (TPSA) is 79.5 Å². The number of aliphatic hydroxyl groups is 1. The van der Waals surface area contributed by atoms with Crippen LogP contribution in [0.1, 0.15) is 36.0 Å². The van der Waals surface area contributed by atoms with Gasteiger partial charge in [-0.25, -0.2) is 0 Å². The predicted molar refractivity (Wildman–Crippen MR) is 84.0 cm³/mol. The Kier molecular flexibility index (Phi) is 5.51. The molecule has 1 heterocycles. The maximum Gasteiger partial charge on any atom is 0.251 e. The molecule has 0 fully saturated rings. The van der Waals surface area contributed by atoms with Gasteiger partial charge >= 0.3 is 0 Å². The number of furan rings is 1. The van der Waals surface area contributed by atoms with Gasteiger partial charge in [0.1, 0.15) is 11.8 Å². The van der Waals surface area contributed by atoms with Gasteiger partial charge in [-0.15, -0.1) is 0 Å². The highest BCUT2D eigenvalue weighted by Crippen LogP contribution is 2.15. The Labute approximate surface area is 131 Å². The molecule has 0 radical (unpaired) electrons. The fourth-order valence-corrected chi connectivity index (χ4v) is 2.90. The van der Waals surface area contributed by atoms with Crippen LogP contribution in [0.15, 0.2) is 52.0 Å². The average Bonchev–Trinajstić information content (AvgIpc) is 3.06. The van der Waals surface area contributed by atoms with E-state index in [1.807, 2.05) is 13.8 Å². The second-order valence-corrected chi connectivity index (χ2v) is 7.10. The van der Waals surface area contributed by atoms with Crippen LogP contribution in [-0.2, 0) is 10.8 Å². The molecule has 0 aliphatic rings. The lowest BCUT2D eigenvalue weighted by molar-refractivity contribution is 0.0907. The molecule has 0 bridgehead atoms. The molecule has 1 aromatic carbocycles. The van der Waals surface area contributed by atoms with Crippen LogP contribution in [0.4, 0.5) is 0 Å². The summed E-state index contributed by atoms with van der Waals surface area (Å²) in [6.45, 7) is 3.51. The fraction of sp³-hybridized carbons (Fsp3) is 0.312. The quantitative estimate of drug-likeness (QED) is 0.855. The van der Waals surface area contributed by atoms with Crippen molar-refractivity contribution in [1.29, 1.82) is 0 Å². The van der Waals surface area contributed by atoms with Gasteiger partial charge in [-0.3, -0.25) is 9.00 Å². The zero-order valence-corrected chi connectivity index (χ0v) is 13.3. The molecule has 0 spiro atoms. The first-order valence-corrected chi connectivity index (χ1v) is 8.20. The summed E-state index contributed by atoms with van der Waals surface area (Å²) in [6.07, 6.45) is 1.49. The number of hydrogen-bond donors (Lipinski definition) is 2. The van der Waals surface area contributed by atoms with Crippen LogP contribution in [0.25, 0.3) is 0 Å². The standard InChI is InChI=1S/C16H19NO4S/c1-11(2)22(20)13-7-5-12(6-8-13)16(19)17-14(10-18)15-4-3-9-21-15/h3-9,11,14,18H,10H2,1-2H3,(H,17,19). The SMILES string of the molecule is CC(C)S(=O)c1ccc(C(=O)NC(CO)c2ccco2)cc1. The highest BCUT2D eigenvalue weighted by Gasteiger charge is 2.17. The Morgan fingerprint density at radius 1 is 1.27 bits per heavy atom. The average molecular weight is 321 g/mol. The summed E-state index contributed by atoms with van der Waals surface area (Å²) in [5.41, 5.74) is 0.439. The molecule has 0 saturated carbocycles. The molecule has 2 rings (SSSR count). The molecule has 22 heavy (non-hydrogen) atoms. The van der Waals surface area contributed by atoms with E-state index < -0.39 is 16.8 Å². The molecule has 2 aromatic rings. The third-order valence-electron chi connectivity index (χ3n) is 3.15. The van der Waals surface area contributed by atoms with Crippen molar-refractivity contribution in [3.05, 3.63) is 54.0 Å². The largest absolute Gasteiger partial charge is 0.467 e. The van der Waals surface area contributed by atoms with Gasteiger partial charge in [0.25, 0.3) is 5.91 Å². The normalized spacial score (nSPS) is 13.8. The van der Waals surface area contributed by atoms with E-state index in [9.17, 15) is 14.1 Å². The summed E-state index contributed by atoms with van der Waals surface area (Å²) in [5, 5.41) is 12.1. The van der Waals surface area contributed by atoms with E-state index in [0.717, 1.165) is 0 Å². The van der Waals surface area contributed by atoms with Gasteiger partial charge in [0.2, 0.25) is 0 Å². The van der Waals surface area contributed by atoms with Crippen LogP contribution in [0, 0.1) is 0 Å². The summed E-state index contributed by atoms with van der Waals surface area (Å²) in [4.78, 5) is 12.9. The smallest absolute Gasteiger partial charge is 0.251 e. The van der Waals surface area contributed by atoms with Crippen molar-refractivity contribution in [1.82, 2.24) is 5.32 Å². The second kappa shape index (κ2) is 7.38. The van der Waals surface area contributed by atoms with Gasteiger partial charge in [0.05, 0.1) is 23.7 Å². The highest BCUT2D eigenvalue weighted by molar-refractivity contribution is 7.85. The third kappa shape index (κ3) is 3.84. The lowest BCUT2D eigenvalue weighted by Crippen LogP contribution is -2.30. The molecule has 2 N–H and O–H groups in total. The second-order valence-electron chi connectivity index (χ2n) is 5.09. The molecule has 0 aliphatic heterocycles. The number of rotatable bonds is 6. The van der Waals surface area contributed by atoms with Crippen LogP contribution >= 0.6 is 0 Å². The van der Waals surface area contributed by atoms with Crippen LogP contribution in [-0.4, -0.2) is 27.1 Å². The lowest BCUT2D eigenvalue weighted by Gasteiger charge is -2.14. The zero-order valence-electron chi connectivity index (χ0n) is 12.5. The molecule has 1 aromatic heterocycles. The Morgan fingerprint density at radius 3 is 2.45 bits per heavy atom. The molecule has 1 amide bonds. The summed E-state index contributed by atoms with van der Waals surface area (Å²) < 4.78 is 17.2. The Hall–Kier alpha value is -1.92. The number of amides is 1. The van der Waals surface area contributed by atoms with E-state index in [4.69, 9.17) is 4.42 Å². The number of benzene rings is 1. The lowest BCUT2D eigenvalue weighted by atomic mass is 10.2.